The first-order valence-electron chi connectivity index (χ1n) is 8.45. The topological polar surface area (TPSA) is 70.4 Å². The van der Waals surface area contributed by atoms with Gasteiger partial charge in [-0.2, -0.15) is 0 Å². The third-order valence-corrected chi connectivity index (χ3v) is 7.42. The van der Waals surface area contributed by atoms with Gasteiger partial charge >= 0.3 is 5.97 Å². The zero-order chi connectivity index (χ0) is 20.3. The van der Waals surface area contributed by atoms with Crippen molar-refractivity contribution in [3.05, 3.63) is 44.9 Å². The summed E-state index contributed by atoms with van der Waals surface area (Å²) in [5.41, 5.74) is 0.753. The maximum atomic E-state index is 10.9. The molecule has 1 aromatic heterocycles. The molecule has 148 valence electrons. The van der Waals surface area contributed by atoms with E-state index in [0.717, 1.165) is 6.42 Å². The summed E-state index contributed by atoms with van der Waals surface area (Å²) in [4.78, 5) is 15.0. The Kier molecular flexibility index (Phi) is 7.54. The van der Waals surface area contributed by atoms with E-state index < -0.39 is 12.1 Å². The zero-order valence-corrected chi connectivity index (χ0v) is 18.3. The van der Waals surface area contributed by atoms with Crippen LogP contribution in [0.5, 0.6) is 0 Å². The molecule has 2 N–H and O–H groups in total. The van der Waals surface area contributed by atoms with Gasteiger partial charge in [-0.1, -0.05) is 46.8 Å². The van der Waals surface area contributed by atoms with Crippen molar-refractivity contribution in [1.29, 1.82) is 0 Å². The molecule has 1 heterocycles. The number of carboxylic acid groups (broad SMARTS) is 1. The van der Waals surface area contributed by atoms with Crippen LogP contribution in [-0.4, -0.2) is 38.4 Å². The smallest absolute Gasteiger partial charge is 0.355 e. The number of thioether (sulfide) groups is 1. The van der Waals surface area contributed by atoms with Crippen molar-refractivity contribution < 1.29 is 15.0 Å². The molecule has 2 unspecified atom stereocenters. The van der Waals surface area contributed by atoms with Crippen molar-refractivity contribution in [2.24, 2.45) is 11.8 Å². The Morgan fingerprint density at radius 2 is 2.04 bits per heavy atom. The number of alkyl halides is 1. The van der Waals surface area contributed by atoms with Gasteiger partial charge in [0.05, 0.1) is 12.0 Å². The van der Waals surface area contributed by atoms with E-state index in [1.54, 1.807) is 18.2 Å². The summed E-state index contributed by atoms with van der Waals surface area (Å²) in [6.45, 7) is 0. The third kappa shape index (κ3) is 5.56. The maximum Gasteiger partial charge on any atom is 0.355 e. The highest BCUT2D eigenvalue weighted by molar-refractivity contribution is 8.01. The number of aromatic carboxylic acids is 1. The maximum absolute atomic E-state index is 10.9. The first-order chi connectivity index (χ1) is 13.3. The fraction of sp³-hybridized carbons (Fsp3) is 0.368. The number of halogens is 3. The minimum Gasteiger partial charge on any atom is -0.476 e. The van der Waals surface area contributed by atoms with Crippen LogP contribution < -0.4 is 0 Å². The molecule has 4 atom stereocenters. The van der Waals surface area contributed by atoms with Crippen LogP contribution in [-0.2, 0) is 0 Å². The Balaban J connectivity index is 1.65. The van der Waals surface area contributed by atoms with Gasteiger partial charge in [0.1, 0.15) is 0 Å². The van der Waals surface area contributed by atoms with Crippen LogP contribution in [0.4, 0.5) is 0 Å². The Labute approximate surface area is 186 Å². The second kappa shape index (κ2) is 9.71. The summed E-state index contributed by atoms with van der Waals surface area (Å²) in [6, 6.07) is 5.10. The van der Waals surface area contributed by atoms with E-state index in [-0.39, 0.29) is 22.9 Å². The minimum absolute atomic E-state index is 0.0326. The number of aliphatic hydroxyl groups is 1. The minimum atomic E-state index is -1.03. The van der Waals surface area contributed by atoms with E-state index in [0.29, 0.717) is 32.1 Å². The van der Waals surface area contributed by atoms with E-state index in [1.165, 1.54) is 28.5 Å². The van der Waals surface area contributed by atoms with Crippen molar-refractivity contribution in [3.8, 4) is 11.8 Å². The lowest BCUT2D eigenvalue weighted by molar-refractivity contribution is 0.0691. The molecule has 1 aliphatic carbocycles. The first-order valence-corrected chi connectivity index (χ1v) is 11.5. The van der Waals surface area contributed by atoms with E-state index in [1.807, 2.05) is 0 Å². The van der Waals surface area contributed by atoms with Gasteiger partial charge in [0, 0.05) is 32.1 Å². The SMILES string of the molecule is O=C(O)c1csc(SCCC2[C@@H](C#Cc3cc(Cl)cc(Cl)c3)C(O)C[C@H]2Cl)n1. The van der Waals surface area contributed by atoms with E-state index in [2.05, 4.69) is 16.8 Å². The lowest BCUT2D eigenvalue weighted by atomic mass is 9.92. The lowest BCUT2D eigenvalue weighted by Gasteiger charge is -2.18. The molecule has 0 saturated heterocycles. The van der Waals surface area contributed by atoms with Gasteiger partial charge < -0.3 is 10.2 Å². The summed E-state index contributed by atoms with van der Waals surface area (Å²) in [6.07, 6.45) is 0.652. The number of aliphatic hydroxyl groups excluding tert-OH is 1. The molecule has 1 aliphatic rings. The molecule has 0 spiro atoms. The van der Waals surface area contributed by atoms with E-state index >= 15 is 0 Å². The molecule has 1 saturated carbocycles. The molecule has 0 bridgehead atoms. The number of thiazole rings is 1. The fourth-order valence-corrected chi connectivity index (χ4v) is 6.03. The molecule has 0 radical (unpaired) electrons. The number of carbonyl (C=O) groups is 1. The lowest BCUT2D eigenvalue weighted by Crippen LogP contribution is -2.19. The van der Waals surface area contributed by atoms with Gasteiger partial charge in [-0.15, -0.1) is 22.9 Å². The average molecular weight is 477 g/mol. The number of benzene rings is 1. The fourth-order valence-electron chi connectivity index (χ4n) is 3.12. The largest absolute Gasteiger partial charge is 0.476 e. The van der Waals surface area contributed by atoms with Gasteiger partial charge in [-0.05, 0) is 37.0 Å². The van der Waals surface area contributed by atoms with Crippen LogP contribution in [0.25, 0.3) is 0 Å². The van der Waals surface area contributed by atoms with Crippen molar-refractivity contribution in [3.63, 3.8) is 0 Å². The van der Waals surface area contributed by atoms with E-state index in [9.17, 15) is 9.90 Å². The molecule has 0 amide bonds. The Morgan fingerprint density at radius 3 is 2.68 bits per heavy atom. The standard InChI is InChI=1S/C19H16Cl3NO3S2/c20-11-5-10(6-12(21)7-11)1-2-14-13(15(22)8-17(14)24)3-4-27-19-23-16(9-28-19)18(25)26/h5-7,9,13-15,17,24H,3-4,8H2,(H,25,26)/t13?,14-,15-,17?/m1/s1. The zero-order valence-electron chi connectivity index (χ0n) is 14.4. The molecule has 2 aromatic rings. The van der Waals surface area contributed by atoms with Crippen LogP contribution in [0, 0.1) is 23.7 Å². The summed E-state index contributed by atoms with van der Waals surface area (Å²) < 4.78 is 0.707. The number of carboxylic acids is 1. The van der Waals surface area contributed by atoms with Gasteiger partial charge in [0.25, 0.3) is 0 Å². The first kappa shape index (κ1) is 21.8. The van der Waals surface area contributed by atoms with Crippen LogP contribution in [0.2, 0.25) is 10.0 Å². The summed E-state index contributed by atoms with van der Waals surface area (Å²) in [5, 5.41) is 21.7. The van der Waals surface area contributed by atoms with Crippen LogP contribution >= 0.6 is 57.9 Å². The average Bonchev–Trinajstić information content (AvgIpc) is 3.18. The number of aromatic nitrogens is 1. The molecule has 28 heavy (non-hydrogen) atoms. The van der Waals surface area contributed by atoms with Crippen LogP contribution in [0.15, 0.2) is 27.9 Å². The Hall–Kier alpha value is -0.940. The van der Waals surface area contributed by atoms with Gasteiger partial charge in [0.2, 0.25) is 0 Å². The Bertz CT molecular complexity index is 904. The van der Waals surface area contributed by atoms with Crippen molar-refractivity contribution in [2.75, 3.05) is 5.75 Å². The number of hydrogen-bond donors (Lipinski definition) is 2. The quantitative estimate of drug-likeness (QED) is 0.349. The molecular weight excluding hydrogens is 461 g/mol. The summed E-state index contributed by atoms with van der Waals surface area (Å²) in [5.74, 6) is 5.68. The third-order valence-electron chi connectivity index (χ3n) is 4.43. The number of hydrogen-bond acceptors (Lipinski definition) is 5. The van der Waals surface area contributed by atoms with Crippen molar-refractivity contribution in [1.82, 2.24) is 4.98 Å². The van der Waals surface area contributed by atoms with Gasteiger partial charge in [-0.25, -0.2) is 9.78 Å². The van der Waals surface area contributed by atoms with Crippen molar-refractivity contribution in [2.45, 2.75) is 28.7 Å². The molecule has 4 nitrogen and oxygen atoms in total. The molecule has 0 aliphatic heterocycles. The number of rotatable bonds is 5. The summed E-state index contributed by atoms with van der Waals surface area (Å²) >= 11 is 21.3. The Morgan fingerprint density at radius 1 is 1.32 bits per heavy atom. The van der Waals surface area contributed by atoms with Gasteiger partial charge in [-0.3, -0.25) is 0 Å². The second-order valence-electron chi connectivity index (χ2n) is 6.38. The molecule has 9 heteroatoms. The second-order valence-corrected chi connectivity index (χ2v) is 10.0. The van der Waals surface area contributed by atoms with E-state index in [4.69, 9.17) is 39.9 Å². The van der Waals surface area contributed by atoms with Gasteiger partial charge in [0.15, 0.2) is 10.0 Å². The highest BCUT2D eigenvalue weighted by atomic mass is 35.5. The number of nitrogens with zero attached hydrogens (tertiary/aromatic N) is 1. The van der Waals surface area contributed by atoms with Crippen molar-refractivity contribution >= 4 is 63.9 Å². The van der Waals surface area contributed by atoms with Crippen LogP contribution in [0.3, 0.4) is 0 Å². The highest BCUT2D eigenvalue weighted by Crippen LogP contribution is 2.39. The molecule has 1 fully saturated rings. The molecule has 1 aromatic carbocycles. The van der Waals surface area contributed by atoms with Crippen LogP contribution in [0.1, 0.15) is 28.9 Å². The highest BCUT2D eigenvalue weighted by Gasteiger charge is 2.40. The predicted molar refractivity (Wildman–Crippen MR) is 115 cm³/mol. The molecular formula is C19H16Cl3NO3S2. The summed E-state index contributed by atoms with van der Waals surface area (Å²) in [7, 11) is 0. The predicted octanol–water partition coefficient (Wildman–Crippen LogP) is 5.29. The monoisotopic (exact) mass is 475 g/mol. The normalized spacial score (nSPS) is 24.0. The molecule has 3 rings (SSSR count).